The predicted molar refractivity (Wildman–Crippen MR) is 101 cm³/mol. The molecule has 1 amide bonds. The van der Waals surface area contributed by atoms with Gasteiger partial charge in [0.2, 0.25) is 0 Å². The van der Waals surface area contributed by atoms with Gasteiger partial charge in [-0.15, -0.1) is 0 Å². The summed E-state index contributed by atoms with van der Waals surface area (Å²) in [7, 11) is 0. The number of carbonyl (C=O) groups is 2. The van der Waals surface area contributed by atoms with Crippen LogP contribution in [-0.2, 0) is 0 Å². The van der Waals surface area contributed by atoms with Gasteiger partial charge in [0.15, 0.2) is 5.78 Å². The molecule has 1 aliphatic heterocycles. The van der Waals surface area contributed by atoms with E-state index >= 15 is 0 Å². The predicted octanol–water partition coefficient (Wildman–Crippen LogP) is 3.46. The van der Waals surface area contributed by atoms with Crippen LogP contribution in [0.15, 0.2) is 30.5 Å². The second kappa shape index (κ2) is 6.83. The van der Waals surface area contributed by atoms with Crippen LogP contribution in [0.25, 0.3) is 0 Å². The van der Waals surface area contributed by atoms with Crippen molar-refractivity contribution in [3.8, 4) is 5.75 Å². The van der Waals surface area contributed by atoms with Crippen LogP contribution in [0.4, 0.5) is 4.79 Å². The van der Waals surface area contributed by atoms with Crippen molar-refractivity contribution in [3.05, 3.63) is 47.3 Å². The fourth-order valence-electron chi connectivity index (χ4n) is 4.29. The largest absolute Gasteiger partial charge is 0.490 e. The van der Waals surface area contributed by atoms with Gasteiger partial charge in [0.05, 0.1) is 6.10 Å². The van der Waals surface area contributed by atoms with E-state index in [-0.39, 0.29) is 17.9 Å². The van der Waals surface area contributed by atoms with Gasteiger partial charge in [-0.1, -0.05) is 12.1 Å². The molecule has 1 saturated heterocycles. The Bertz CT molecular complexity index is 875. The molecule has 6 nitrogen and oxygen atoms in total. The number of amides is 1. The number of rotatable bonds is 3. The van der Waals surface area contributed by atoms with Crippen LogP contribution in [0.1, 0.15) is 41.4 Å². The van der Waals surface area contributed by atoms with E-state index in [2.05, 4.69) is 25.0 Å². The molecule has 1 aromatic heterocycles. The van der Waals surface area contributed by atoms with Crippen LogP contribution < -0.4 is 4.74 Å². The highest BCUT2D eigenvalue weighted by Crippen LogP contribution is 2.40. The van der Waals surface area contributed by atoms with Gasteiger partial charge in [-0.25, -0.2) is 4.79 Å². The van der Waals surface area contributed by atoms with Crippen molar-refractivity contribution in [1.82, 2.24) is 14.7 Å². The van der Waals surface area contributed by atoms with E-state index in [1.165, 1.54) is 22.7 Å². The summed E-state index contributed by atoms with van der Waals surface area (Å²) >= 11 is 0. The first kappa shape index (κ1) is 17.8. The number of nitrogens with zero attached hydrogens (tertiary/aromatic N) is 3. The van der Waals surface area contributed by atoms with Crippen molar-refractivity contribution in [2.75, 3.05) is 13.1 Å². The molecule has 2 aromatic rings. The molecular formula is C21H25N3O3. The van der Waals surface area contributed by atoms with Crippen molar-refractivity contribution < 1.29 is 14.3 Å². The minimum atomic E-state index is -0.149. The topological polar surface area (TPSA) is 64.4 Å². The van der Waals surface area contributed by atoms with Crippen LogP contribution in [0.5, 0.6) is 5.75 Å². The Hall–Kier alpha value is -2.63. The molecule has 1 saturated carbocycles. The van der Waals surface area contributed by atoms with Gasteiger partial charge in [-0.3, -0.25) is 4.79 Å². The minimum absolute atomic E-state index is 0.133. The number of hydrogen-bond acceptors (Lipinski definition) is 4. The quantitative estimate of drug-likeness (QED) is 0.780. The molecule has 4 rings (SSSR count). The lowest BCUT2D eigenvalue weighted by Crippen LogP contribution is -2.34. The molecule has 0 bridgehead atoms. The lowest BCUT2D eigenvalue weighted by Gasteiger charge is -2.21. The second-order valence-electron chi connectivity index (χ2n) is 7.82. The third-order valence-corrected chi connectivity index (χ3v) is 5.97. The summed E-state index contributed by atoms with van der Waals surface area (Å²) in [5.41, 5.74) is 2.77. The molecule has 0 spiro atoms. The number of Topliss-reactive ketones (excluding diaryl/α,β-unsaturated/α-hetero) is 1. The van der Waals surface area contributed by atoms with Crippen LogP contribution in [0, 0.1) is 25.7 Å². The zero-order chi connectivity index (χ0) is 19.1. The summed E-state index contributed by atoms with van der Waals surface area (Å²) < 4.78 is 7.55. The Labute approximate surface area is 159 Å². The number of carbonyl (C=O) groups excluding carboxylic acids is 2. The molecule has 3 atom stereocenters. The monoisotopic (exact) mass is 367 g/mol. The zero-order valence-corrected chi connectivity index (χ0v) is 16.0. The van der Waals surface area contributed by atoms with E-state index in [0.717, 1.165) is 31.7 Å². The molecule has 2 heterocycles. The SMILES string of the molecule is CC(=O)c1ccn(C(=O)N2C[C@H]3CC(Oc4cccc(C)c4C)C[C@H]3C2)n1. The standard InChI is InChI=1S/C21H25N3O3/c1-13-5-4-6-20(14(13)2)27-18-9-16-11-23(12-17(16)10-18)21(26)24-8-7-19(22-24)15(3)25/h4-8,16-18H,9-12H2,1-3H3/t16-,17+,18?. The van der Waals surface area contributed by atoms with E-state index in [0.29, 0.717) is 17.5 Å². The Kier molecular flexibility index (Phi) is 4.50. The summed E-state index contributed by atoms with van der Waals surface area (Å²) in [5, 5.41) is 4.09. The summed E-state index contributed by atoms with van der Waals surface area (Å²) in [6, 6.07) is 7.61. The lowest BCUT2D eigenvalue weighted by atomic mass is 10.0. The molecule has 0 N–H and O–H groups in total. The molecule has 6 heteroatoms. The number of aryl methyl sites for hydroxylation is 1. The Morgan fingerprint density at radius 3 is 2.44 bits per heavy atom. The summed E-state index contributed by atoms with van der Waals surface area (Å²) in [4.78, 5) is 25.9. The molecule has 142 valence electrons. The zero-order valence-electron chi connectivity index (χ0n) is 16.0. The van der Waals surface area contributed by atoms with Gasteiger partial charge < -0.3 is 9.64 Å². The third-order valence-electron chi connectivity index (χ3n) is 5.97. The van der Waals surface area contributed by atoms with Gasteiger partial charge in [0, 0.05) is 26.2 Å². The summed E-state index contributed by atoms with van der Waals surface area (Å²) in [6.07, 6.45) is 3.73. The first-order chi connectivity index (χ1) is 12.9. The molecule has 1 unspecified atom stereocenters. The highest BCUT2D eigenvalue weighted by Gasteiger charge is 2.43. The van der Waals surface area contributed by atoms with Crippen molar-refractivity contribution in [3.63, 3.8) is 0 Å². The number of fused-ring (bicyclic) bond motifs is 1. The maximum absolute atomic E-state index is 12.7. The maximum atomic E-state index is 12.7. The molecule has 1 aliphatic carbocycles. The Morgan fingerprint density at radius 2 is 1.81 bits per heavy atom. The van der Waals surface area contributed by atoms with Gasteiger partial charge in [-0.05, 0) is 61.8 Å². The lowest BCUT2D eigenvalue weighted by molar-refractivity contribution is 0.101. The van der Waals surface area contributed by atoms with Gasteiger partial charge in [-0.2, -0.15) is 9.78 Å². The normalized spacial score (nSPS) is 24.1. The number of aromatic nitrogens is 2. The van der Waals surface area contributed by atoms with Crippen LogP contribution in [0.2, 0.25) is 0 Å². The highest BCUT2D eigenvalue weighted by atomic mass is 16.5. The van der Waals surface area contributed by atoms with Crippen molar-refractivity contribution in [2.45, 2.75) is 39.7 Å². The van der Waals surface area contributed by atoms with E-state index in [1.807, 2.05) is 17.0 Å². The third kappa shape index (κ3) is 3.36. The molecule has 0 radical (unpaired) electrons. The molecule has 1 aromatic carbocycles. The van der Waals surface area contributed by atoms with Crippen molar-refractivity contribution in [2.24, 2.45) is 11.8 Å². The smallest absolute Gasteiger partial charge is 0.344 e. The first-order valence-electron chi connectivity index (χ1n) is 9.51. The Balaban J connectivity index is 1.37. The van der Waals surface area contributed by atoms with Crippen LogP contribution in [-0.4, -0.2) is 45.7 Å². The maximum Gasteiger partial charge on any atom is 0.344 e. The summed E-state index contributed by atoms with van der Waals surface area (Å²) in [6.45, 7) is 7.10. The van der Waals surface area contributed by atoms with E-state index < -0.39 is 0 Å². The number of benzene rings is 1. The summed E-state index contributed by atoms with van der Waals surface area (Å²) in [5.74, 6) is 1.77. The van der Waals surface area contributed by atoms with E-state index in [4.69, 9.17) is 4.74 Å². The van der Waals surface area contributed by atoms with Gasteiger partial charge >= 0.3 is 6.03 Å². The average molecular weight is 367 g/mol. The van der Waals surface area contributed by atoms with Crippen molar-refractivity contribution >= 4 is 11.8 Å². The van der Waals surface area contributed by atoms with Crippen LogP contribution in [0.3, 0.4) is 0 Å². The Morgan fingerprint density at radius 1 is 1.11 bits per heavy atom. The highest BCUT2D eigenvalue weighted by molar-refractivity contribution is 5.92. The second-order valence-corrected chi connectivity index (χ2v) is 7.82. The fourth-order valence-corrected chi connectivity index (χ4v) is 4.29. The number of hydrogen-bond donors (Lipinski definition) is 0. The molecule has 27 heavy (non-hydrogen) atoms. The first-order valence-corrected chi connectivity index (χ1v) is 9.51. The fraction of sp³-hybridized carbons (Fsp3) is 0.476. The number of likely N-dealkylation sites (tertiary alicyclic amines) is 1. The molecule has 2 aliphatic rings. The van der Waals surface area contributed by atoms with Gasteiger partial charge in [0.25, 0.3) is 0 Å². The molecule has 2 fully saturated rings. The minimum Gasteiger partial charge on any atom is -0.490 e. The number of ketones is 1. The van der Waals surface area contributed by atoms with E-state index in [1.54, 1.807) is 12.3 Å². The van der Waals surface area contributed by atoms with Crippen molar-refractivity contribution in [1.29, 1.82) is 0 Å². The van der Waals surface area contributed by atoms with E-state index in [9.17, 15) is 9.59 Å². The average Bonchev–Trinajstić information content (AvgIpc) is 3.32. The molecular weight excluding hydrogens is 342 g/mol. The number of ether oxygens (including phenoxy) is 1. The van der Waals surface area contributed by atoms with Gasteiger partial charge in [0.1, 0.15) is 11.4 Å². The van der Waals surface area contributed by atoms with Crippen LogP contribution >= 0.6 is 0 Å².